The van der Waals surface area contributed by atoms with Crippen LogP contribution in [0, 0.1) is 11.6 Å². The van der Waals surface area contributed by atoms with Gasteiger partial charge in [-0.15, -0.1) is 0 Å². The second-order valence-electron chi connectivity index (χ2n) is 4.12. The molecule has 4 nitrogen and oxygen atoms in total. The molecule has 0 spiro atoms. The van der Waals surface area contributed by atoms with Crippen molar-refractivity contribution in [1.82, 2.24) is 15.0 Å². The molecule has 0 aliphatic carbocycles. The Kier molecular flexibility index (Phi) is 3.69. The van der Waals surface area contributed by atoms with Gasteiger partial charge in [0, 0.05) is 13.2 Å². The molecule has 1 atom stereocenters. The number of halogens is 2. The fourth-order valence-corrected chi connectivity index (χ4v) is 1.78. The SMILES string of the molecule is Cn1cnc(C(Cc2cc(F)ccc2F)NN)c1. The van der Waals surface area contributed by atoms with Crippen LogP contribution in [0.2, 0.25) is 0 Å². The zero-order valence-electron chi connectivity index (χ0n) is 9.90. The largest absolute Gasteiger partial charge is 0.340 e. The lowest BCUT2D eigenvalue weighted by molar-refractivity contribution is 0.515. The molecule has 6 heteroatoms. The number of aromatic nitrogens is 2. The highest BCUT2D eigenvalue weighted by atomic mass is 19.1. The van der Waals surface area contributed by atoms with Gasteiger partial charge in [-0.25, -0.2) is 13.8 Å². The van der Waals surface area contributed by atoms with Gasteiger partial charge in [-0.05, 0) is 30.2 Å². The smallest absolute Gasteiger partial charge is 0.126 e. The zero-order valence-corrected chi connectivity index (χ0v) is 9.90. The van der Waals surface area contributed by atoms with Crippen LogP contribution in [-0.2, 0) is 13.5 Å². The number of hydrazine groups is 1. The zero-order chi connectivity index (χ0) is 13.1. The molecular weight excluding hydrogens is 238 g/mol. The van der Waals surface area contributed by atoms with Crippen LogP contribution in [-0.4, -0.2) is 9.55 Å². The van der Waals surface area contributed by atoms with Crippen LogP contribution in [0.3, 0.4) is 0 Å². The topological polar surface area (TPSA) is 55.9 Å². The molecule has 96 valence electrons. The van der Waals surface area contributed by atoms with Crippen LogP contribution >= 0.6 is 0 Å². The first kappa shape index (κ1) is 12.7. The minimum absolute atomic E-state index is 0.233. The minimum Gasteiger partial charge on any atom is -0.340 e. The maximum absolute atomic E-state index is 13.5. The van der Waals surface area contributed by atoms with Crippen molar-refractivity contribution in [3.8, 4) is 0 Å². The van der Waals surface area contributed by atoms with Crippen LogP contribution in [0.4, 0.5) is 8.78 Å². The summed E-state index contributed by atoms with van der Waals surface area (Å²) in [5, 5.41) is 0. The number of imidazole rings is 1. The Hall–Kier alpha value is -1.79. The van der Waals surface area contributed by atoms with Gasteiger partial charge in [0.25, 0.3) is 0 Å². The van der Waals surface area contributed by atoms with Gasteiger partial charge in [0.1, 0.15) is 11.6 Å². The Balaban J connectivity index is 2.22. The van der Waals surface area contributed by atoms with E-state index in [9.17, 15) is 8.78 Å². The van der Waals surface area contributed by atoms with Gasteiger partial charge in [-0.1, -0.05) is 0 Å². The predicted octanol–water partition coefficient (Wildman–Crippen LogP) is 1.45. The van der Waals surface area contributed by atoms with Crippen molar-refractivity contribution < 1.29 is 8.78 Å². The number of rotatable bonds is 4. The minimum atomic E-state index is -0.469. The first-order valence-electron chi connectivity index (χ1n) is 5.48. The van der Waals surface area contributed by atoms with Crippen molar-refractivity contribution in [2.75, 3.05) is 0 Å². The van der Waals surface area contributed by atoms with Crippen molar-refractivity contribution in [2.24, 2.45) is 12.9 Å². The van der Waals surface area contributed by atoms with Gasteiger partial charge in [0.2, 0.25) is 0 Å². The second-order valence-corrected chi connectivity index (χ2v) is 4.12. The molecule has 2 rings (SSSR count). The van der Waals surface area contributed by atoms with Crippen molar-refractivity contribution in [3.63, 3.8) is 0 Å². The third-order valence-corrected chi connectivity index (χ3v) is 2.71. The third-order valence-electron chi connectivity index (χ3n) is 2.71. The summed E-state index contributed by atoms with van der Waals surface area (Å²) in [7, 11) is 1.83. The number of benzene rings is 1. The van der Waals surface area contributed by atoms with Crippen molar-refractivity contribution in [1.29, 1.82) is 0 Å². The number of aryl methyl sites for hydroxylation is 1. The highest BCUT2D eigenvalue weighted by molar-refractivity contribution is 5.21. The lowest BCUT2D eigenvalue weighted by atomic mass is 10.0. The fraction of sp³-hybridized carbons (Fsp3) is 0.250. The normalized spacial score (nSPS) is 12.7. The maximum Gasteiger partial charge on any atom is 0.126 e. The van der Waals surface area contributed by atoms with E-state index >= 15 is 0 Å². The molecular formula is C12H14F2N4. The Morgan fingerprint density at radius 2 is 2.22 bits per heavy atom. The van der Waals surface area contributed by atoms with E-state index in [-0.39, 0.29) is 18.0 Å². The van der Waals surface area contributed by atoms with E-state index in [0.29, 0.717) is 5.69 Å². The molecule has 0 aliphatic heterocycles. The summed E-state index contributed by atoms with van der Waals surface area (Å²) in [6, 6.07) is 3.01. The molecule has 0 saturated carbocycles. The maximum atomic E-state index is 13.5. The summed E-state index contributed by atoms with van der Waals surface area (Å²) >= 11 is 0. The molecule has 2 aromatic rings. The van der Waals surface area contributed by atoms with Crippen molar-refractivity contribution in [3.05, 3.63) is 53.6 Å². The first-order valence-corrected chi connectivity index (χ1v) is 5.48. The number of nitrogens with two attached hydrogens (primary N) is 1. The predicted molar refractivity (Wildman–Crippen MR) is 63.3 cm³/mol. The summed E-state index contributed by atoms with van der Waals surface area (Å²) in [6.07, 6.45) is 3.64. The lowest BCUT2D eigenvalue weighted by Crippen LogP contribution is -2.30. The molecule has 1 aromatic heterocycles. The summed E-state index contributed by atoms with van der Waals surface area (Å²) in [4.78, 5) is 4.14. The van der Waals surface area contributed by atoms with Crippen LogP contribution < -0.4 is 11.3 Å². The Morgan fingerprint density at radius 3 is 2.83 bits per heavy atom. The van der Waals surface area contributed by atoms with Gasteiger partial charge in [0.15, 0.2) is 0 Å². The molecule has 0 amide bonds. The number of nitrogens with one attached hydrogen (secondary N) is 1. The molecule has 0 aliphatic rings. The molecule has 0 bridgehead atoms. The van der Waals surface area contributed by atoms with Gasteiger partial charge < -0.3 is 4.57 Å². The standard InChI is InChI=1S/C12H14F2N4/c1-18-6-12(16-7-18)11(17-15)5-8-4-9(13)2-3-10(8)14/h2-4,6-7,11,17H,5,15H2,1H3. The molecule has 0 saturated heterocycles. The highest BCUT2D eigenvalue weighted by Crippen LogP contribution is 2.19. The van der Waals surface area contributed by atoms with Gasteiger partial charge >= 0.3 is 0 Å². The Labute approximate surface area is 103 Å². The summed E-state index contributed by atoms with van der Waals surface area (Å²) in [5.74, 6) is 4.51. The molecule has 0 radical (unpaired) electrons. The first-order chi connectivity index (χ1) is 8.60. The summed E-state index contributed by atoms with van der Waals surface area (Å²) in [6.45, 7) is 0. The fourth-order valence-electron chi connectivity index (χ4n) is 1.78. The van der Waals surface area contributed by atoms with Gasteiger partial charge in [-0.3, -0.25) is 11.3 Å². The average Bonchev–Trinajstić information content (AvgIpc) is 2.77. The summed E-state index contributed by atoms with van der Waals surface area (Å²) < 4.78 is 28.4. The number of hydrogen-bond acceptors (Lipinski definition) is 3. The van der Waals surface area contributed by atoms with Crippen molar-refractivity contribution >= 4 is 0 Å². The molecule has 18 heavy (non-hydrogen) atoms. The van der Waals surface area contributed by atoms with Crippen LogP contribution in [0.25, 0.3) is 0 Å². The van der Waals surface area contributed by atoms with E-state index in [2.05, 4.69) is 10.4 Å². The average molecular weight is 252 g/mol. The molecule has 1 aromatic carbocycles. The van der Waals surface area contributed by atoms with E-state index in [4.69, 9.17) is 5.84 Å². The van der Waals surface area contributed by atoms with E-state index in [0.717, 1.165) is 12.1 Å². The lowest BCUT2D eigenvalue weighted by Gasteiger charge is -2.14. The van der Waals surface area contributed by atoms with Gasteiger partial charge in [-0.2, -0.15) is 0 Å². The quantitative estimate of drug-likeness (QED) is 0.639. The molecule has 1 unspecified atom stereocenters. The number of nitrogens with zero attached hydrogens (tertiary/aromatic N) is 2. The second kappa shape index (κ2) is 5.24. The molecule has 0 fully saturated rings. The van der Waals surface area contributed by atoms with E-state index in [1.807, 2.05) is 7.05 Å². The van der Waals surface area contributed by atoms with Crippen LogP contribution in [0.15, 0.2) is 30.7 Å². The monoisotopic (exact) mass is 252 g/mol. The Bertz CT molecular complexity index is 539. The van der Waals surface area contributed by atoms with Crippen molar-refractivity contribution in [2.45, 2.75) is 12.5 Å². The van der Waals surface area contributed by atoms with Crippen LogP contribution in [0.5, 0.6) is 0 Å². The molecule has 3 N–H and O–H groups in total. The van der Waals surface area contributed by atoms with E-state index in [1.54, 1.807) is 17.1 Å². The van der Waals surface area contributed by atoms with E-state index in [1.165, 1.54) is 6.07 Å². The third kappa shape index (κ3) is 2.72. The highest BCUT2D eigenvalue weighted by Gasteiger charge is 2.15. The van der Waals surface area contributed by atoms with E-state index < -0.39 is 11.6 Å². The number of hydrogen-bond donors (Lipinski definition) is 2. The molecule has 1 heterocycles. The van der Waals surface area contributed by atoms with Crippen LogP contribution in [0.1, 0.15) is 17.3 Å². The Morgan fingerprint density at radius 1 is 1.44 bits per heavy atom. The summed E-state index contributed by atoms with van der Waals surface area (Å²) in [5.41, 5.74) is 3.51. The van der Waals surface area contributed by atoms with Gasteiger partial charge in [0.05, 0.1) is 18.1 Å².